The Morgan fingerprint density at radius 1 is 1.24 bits per heavy atom. The number of rotatable bonds is 5. The number of likely N-dealkylation sites (tertiary alicyclic amines) is 1. The van der Waals surface area contributed by atoms with Gasteiger partial charge in [-0.2, -0.15) is 0 Å². The Balaban J connectivity index is 1.58. The summed E-state index contributed by atoms with van der Waals surface area (Å²) in [5, 5.41) is 4.00. The highest BCUT2D eigenvalue weighted by Crippen LogP contribution is 2.42. The SMILES string of the molecule is COCC(=O)N1CCC(C(=O)NC2(c3ccc(Cl)cc3)CCC2)CC1. The fourth-order valence-corrected chi connectivity index (χ4v) is 3.85. The first-order chi connectivity index (χ1) is 12.0. The Kier molecular flexibility index (Phi) is 5.64. The second kappa shape index (κ2) is 7.75. The lowest BCUT2D eigenvalue weighted by atomic mass is 9.71. The summed E-state index contributed by atoms with van der Waals surface area (Å²) in [4.78, 5) is 26.4. The number of amides is 2. The lowest BCUT2D eigenvalue weighted by molar-refractivity contribution is -0.139. The van der Waals surface area contributed by atoms with Gasteiger partial charge in [0.25, 0.3) is 0 Å². The van der Waals surface area contributed by atoms with Crippen LogP contribution in [0.2, 0.25) is 5.02 Å². The van der Waals surface area contributed by atoms with Crippen LogP contribution in [0.5, 0.6) is 0 Å². The molecule has 5 nitrogen and oxygen atoms in total. The van der Waals surface area contributed by atoms with Gasteiger partial charge in [0.05, 0.1) is 5.54 Å². The molecule has 1 saturated carbocycles. The second-order valence-corrected chi connectivity index (χ2v) is 7.46. The Bertz CT molecular complexity index is 620. The van der Waals surface area contributed by atoms with Gasteiger partial charge in [0, 0.05) is 31.1 Å². The smallest absolute Gasteiger partial charge is 0.248 e. The summed E-state index contributed by atoms with van der Waals surface area (Å²) in [6, 6.07) is 7.77. The van der Waals surface area contributed by atoms with E-state index in [9.17, 15) is 9.59 Å². The summed E-state index contributed by atoms with van der Waals surface area (Å²) >= 11 is 5.98. The zero-order valence-corrected chi connectivity index (χ0v) is 15.3. The number of hydrogen-bond acceptors (Lipinski definition) is 3. The van der Waals surface area contributed by atoms with Crippen LogP contribution in [0.3, 0.4) is 0 Å². The van der Waals surface area contributed by atoms with E-state index in [0.717, 1.165) is 24.8 Å². The number of ether oxygens (including phenoxy) is 1. The summed E-state index contributed by atoms with van der Waals surface area (Å²) < 4.78 is 4.90. The second-order valence-electron chi connectivity index (χ2n) is 7.02. The van der Waals surface area contributed by atoms with Crippen LogP contribution < -0.4 is 5.32 Å². The van der Waals surface area contributed by atoms with Gasteiger partial charge in [0.2, 0.25) is 11.8 Å². The molecule has 2 fully saturated rings. The summed E-state index contributed by atoms with van der Waals surface area (Å²) in [7, 11) is 1.52. The number of carbonyl (C=O) groups is 2. The molecule has 1 aliphatic heterocycles. The number of methoxy groups -OCH3 is 1. The maximum atomic E-state index is 12.8. The largest absolute Gasteiger partial charge is 0.375 e. The molecule has 25 heavy (non-hydrogen) atoms. The normalized spacial score (nSPS) is 20.0. The molecule has 0 bridgehead atoms. The molecule has 1 aromatic rings. The van der Waals surface area contributed by atoms with Crippen LogP contribution in [-0.2, 0) is 19.9 Å². The molecule has 0 atom stereocenters. The first-order valence-electron chi connectivity index (χ1n) is 8.89. The molecule has 1 heterocycles. The number of hydrogen-bond donors (Lipinski definition) is 1. The van der Waals surface area contributed by atoms with E-state index in [1.807, 2.05) is 24.3 Å². The third-order valence-electron chi connectivity index (χ3n) is 5.45. The number of piperidine rings is 1. The van der Waals surface area contributed by atoms with Crippen molar-refractivity contribution >= 4 is 23.4 Å². The molecule has 2 aliphatic rings. The molecule has 1 aliphatic carbocycles. The predicted molar refractivity (Wildman–Crippen MR) is 96.3 cm³/mol. The molecule has 1 aromatic carbocycles. The average molecular weight is 365 g/mol. The number of nitrogens with zero attached hydrogens (tertiary/aromatic N) is 1. The van der Waals surface area contributed by atoms with Gasteiger partial charge in [-0.25, -0.2) is 0 Å². The van der Waals surface area contributed by atoms with Crippen molar-refractivity contribution in [2.75, 3.05) is 26.8 Å². The van der Waals surface area contributed by atoms with Gasteiger partial charge >= 0.3 is 0 Å². The van der Waals surface area contributed by atoms with Crippen molar-refractivity contribution in [3.8, 4) is 0 Å². The van der Waals surface area contributed by atoms with Crippen molar-refractivity contribution in [1.29, 1.82) is 0 Å². The van der Waals surface area contributed by atoms with Crippen LogP contribution >= 0.6 is 11.6 Å². The molecule has 0 radical (unpaired) electrons. The van der Waals surface area contributed by atoms with Crippen LogP contribution in [0.15, 0.2) is 24.3 Å². The minimum Gasteiger partial charge on any atom is -0.375 e. The van der Waals surface area contributed by atoms with E-state index >= 15 is 0 Å². The number of benzene rings is 1. The molecule has 136 valence electrons. The van der Waals surface area contributed by atoms with Gasteiger partial charge in [0.1, 0.15) is 6.61 Å². The first-order valence-corrected chi connectivity index (χ1v) is 9.27. The molecular formula is C19H25ClN2O3. The average Bonchev–Trinajstić information content (AvgIpc) is 2.59. The molecule has 0 unspecified atom stereocenters. The molecule has 1 saturated heterocycles. The maximum absolute atomic E-state index is 12.8. The van der Waals surface area contributed by atoms with E-state index in [1.165, 1.54) is 7.11 Å². The summed E-state index contributed by atoms with van der Waals surface area (Å²) in [6.07, 6.45) is 4.46. The third kappa shape index (κ3) is 3.98. The van der Waals surface area contributed by atoms with Crippen molar-refractivity contribution in [1.82, 2.24) is 10.2 Å². The van der Waals surface area contributed by atoms with Gasteiger partial charge in [-0.1, -0.05) is 23.7 Å². The fraction of sp³-hybridized carbons (Fsp3) is 0.579. The molecule has 6 heteroatoms. The molecule has 2 amide bonds. The molecule has 1 N–H and O–H groups in total. The van der Waals surface area contributed by atoms with E-state index < -0.39 is 0 Å². The van der Waals surface area contributed by atoms with E-state index in [0.29, 0.717) is 31.0 Å². The van der Waals surface area contributed by atoms with E-state index in [2.05, 4.69) is 5.32 Å². The highest BCUT2D eigenvalue weighted by Gasteiger charge is 2.41. The van der Waals surface area contributed by atoms with Crippen LogP contribution in [0.1, 0.15) is 37.7 Å². The number of carbonyl (C=O) groups excluding carboxylic acids is 2. The zero-order chi connectivity index (χ0) is 17.9. The van der Waals surface area contributed by atoms with E-state index in [-0.39, 0.29) is 29.9 Å². The Morgan fingerprint density at radius 2 is 1.88 bits per heavy atom. The third-order valence-corrected chi connectivity index (χ3v) is 5.70. The lowest BCUT2D eigenvalue weighted by Crippen LogP contribution is -2.54. The molecule has 0 aromatic heterocycles. The Hall–Kier alpha value is -1.59. The van der Waals surface area contributed by atoms with Crippen molar-refractivity contribution < 1.29 is 14.3 Å². The van der Waals surface area contributed by atoms with Crippen molar-refractivity contribution in [2.24, 2.45) is 5.92 Å². The molecular weight excluding hydrogens is 340 g/mol. The number of nitrogens with one attached hydrogen (secondary N) is 1. The minimum absolute atomic E-state index is 0.00187. The van der Waals surface area contributed by atoms with Crippen molar-refractivity contribution in [3.63, 3.8) is 0 Å². The highest BCUT2D eigenvalue weighted by molar-refractivity contribution is 6.30. The number of halogens is 1. The van der Waals surface area contributed by atoms with Gasteiger partial charge in [-0.05, 0) is 49.8 Å². The zero-order valence-electron chi connectivity index (χ0n) is 14.6. The standard InChI is InChI=1S/C19H25ClN2O3/c1-25-13-17(23)22-11-7-14(8-12-22)18(24)21-19(9-2-10-19)15-3-5-16(20)6-4-15/h3-6,14H,2,7-13H2,1H3,(H,21,24). The summed E-state index contributed by atoms with van der Waals surface area (Å²) in [5.74, 6) is 0.0721. The van der Waals surface area contributed by atoms with Crippen LogP contribution in [0.4, 0.5) is 0 Å². The lowest BCUT2D eigenvalue weighted by Gasteiger charge is -2.44. The van der Waals surface area contributed by atoms with Crippen LogP contribution in [0, 0.1) is 5.92 Å². The highest BCUT2D eigenvalue weighted by atomic mass is 35.5. The van der Waals surface area contributed by atoms with Crippen LogP contribution in [-0.4, -0.2) is 43.5 Å². The molecule has 3 rings (SSSR count). The van der Waals surface area contributed by atoms with Gasteiger partial charge < -0.3 is 15.0 Å². The molecule has 0 spiro atoms. The van der Waals surface area contributed by atoms with E-state index in [4.69, 9.17) is 16.3 Å². The van der Waals surface area contributed by atoms with Crippen LogP contribution in [0.25, 0.3) is 0 Å². The quantitative estimate of drug-likeness (QED) is 0.873. The van der Waals surface area contributed by atoms with Crippen molar-refractivity contribution in [3.05, 3.63) is 34.9 Å². The predicted octanol–water partition coefficient (Wildman–Crippen LogP) is 2.72. The Morgan fingerprint density at radius 3 is 2.40 bits per heavy atom. The summed E-state index contributed by atoms with van der Waals surface area (Å²) in [5.41, 5.74) is 0.884. The van der Waals surface area contributed by atoms with Gasteiger partial charge in [0.15, 0.2) is 0 Å². The van der Waals surface area contributed by atoms with Crippen molar-refractivity contribution in [2.45, 2.75) is 37.6 Å². The monoisotopic (exact) mass is 364 g/mol. The fourth-order valence-electron chi connectivity index (χ4n) is 3.73. The van der Waals surface area contributed by atoms with Gasteiger partial charge in [-0.3, -0.25) is 9.59 Å². The topological polar surface area (TPSA) is 58.6 Å². The first kappa shape index (κ1) is 18.2. The maximum Gasteiger partial charge on any atom is 0.248 e. The summed E-state index contributed by atoms with van der Waals surface area (Å²) in [6.45, 7) is 1.35. The van der Waals surface area contributed by atoms with E-state index in [1.54, 1.807) is 4.90 Å². The minimum atomic E-state index is -0.245. The Labute approximate surface area is 153 Å². The van der Waals surface area contributed by atoms with Gasteiger partial charge in [-0.15, -0.1) is 0 Å².